The Kier molecular flexibility index (Phi) is 4.83. The summed E-state index contributed by atoms with van der Waals surface area (Å²) in [5.74, 6) is -2.03. The van der Waals surface area contributed by atoms with E-state index in [0.29, 0.717) is 11.1 Å². The summed E-state index contributed by atoms with van der Waals surface area (Å²) in [5.41, 5.74) is 0.792. The van der Waals surface area contributed by atoms with Crippen LogP contribution >= 0.6 is 0 Å². The van der Waals surface area contributed by atoms with Crippen molar-refractivity contribution in [1.29, 1.82) is 0 Å². The summed E-state index contributed by atoms with van der Waals surface area (Å²) in [5, 5.41) is 0. The number of cyclic esters (lactones) is 1. The van der Waals surface area contributed by atoms with E-state index in [2.05, 4.69) is 0 Å². The maximum absolute atomic E-state index is 12.2. The van der Waals surface area contributed by atoms with E-state index in [4.69, 9.17) is 14.2 Å². The number of hydrogen-bond acceptors (Lipinski definition) is 6. The highest BCUT2D eigenvalue weighted by molar-refractivity contribution is 5.99. The van der Waals surface area contributed by atoms with Gasteiger partial charge in [-0.05, 0) is 19.1 Å². The minimum Gasteiger partial charge on any atom is -0.462 e. The van der Waals surface area contributed by atoms with Crippen LogP contribution in [0.1, 0.15) is 47.9 Å². The lowest BCUT2D eigenvalue weighted by molar-refractivity contribution is -0.205. The van der Waals surface area contributed by atoms with Gasteiger partial charge in [0.1, 0.15) is 5.76 Å². The fraction of sp³-hybridized carbons (Fsp3) is 0.353. The topological polar surface area (TPSA) is 78.9 Å². The molecule has 0 saturated heterocycles. The molecule has 0 N–H and O–H groups in total. The molecule has 0 amide bonds. The summed E-state index contributed by atoms with van der Waals surface area (Å²) in [6.45, 7) is 5.20. The second kappa shape index (κ2) is 6.64. The molecule has 6 heteroatoms. The van der Waals surface area contributed by atoms with E-state index in [-0.39, 0.29) is 24.6 Å². The Hall–Kier alpha value is -2.63. The van der Waals surface area contributed by atoms with Crippen molar-refractivity contribution in [1.82, 2.24) is 0 Å². The maximum atomic E-state index is 12.2. The normalized spacial score (nSPS) is 16.0. The average molecular weight is 318 g/mol. The second-order valence-electron chi connectivity index (χ2n) is 5.43. The van der Waals surface area contributed by atoms with Gasteiger partial charge in [0.15, 0.2) is 5.78 Å². The minimum atomic E-state index is -1.09. The molecule has 0 unspecified atom stereocenters. The van der Waals surface area contributed by atoms with Gasteiger partial charge in [0, 0.05) is 19.4 Å². The number of ketones is 1. The molecule has 0 saturated carbocycles. The van der Waals surface area contributed by atoms with Crippen LogP contribution in [0.25, 0.3) is 0 Å². The number of Topliss-reactive ketones (excluding diaryl/α,β-unsaturated/α-hetero) is 1. The average Bonchev–Trinajstić information content (AvgIpc) is 2.45. The summed E-state index contributed by atoms with van der Waals surface area (Å²) in [6.07, 6.45) is 1.10. The minimum absolute atomic E-state index is 0.0583. The number of rotatable bonds is 5. The molecular weight excluding hydrogens is 300 g/mol. The maximum Gasteiger partial charge on any atom is 0.338 e. The number of benzene rings is 1. The Labute approximate surface area is 134 Å². The fourth-order valence-corrected chi connectivity index (χ4v) is 2.12. The molecule has 0 fully saturated rings. The Morgan fingerprint density at radius 3 is 2.26 bits per heavy atom. The molecule has 1 heterocycles. The van der Waals surface area contributed by atoms with Crippen LogP contribution in [0.3, 0.4) is 0 Å². The lowest BCUT2D eigenvalue weighted by Gasteiger charge is -2.30. The third-order valence-corrected chi connectivity index (χ3v) is 3.05. The fourth-order valence-electron chi connectivity index (χ4n) is 2.12. The summed E-state index contributed by atoms with van der Waals surface area (Å²) in [4.78, 5) is 35.3. The SMILES string of the molecule is CCOC(=O)c1ccc(C(=O)CC2=CC(=O)OC(C)(C)O2)cc1. The number of ether oxygens (including phenoxy) is 3. The van der Waals surface area contributed by atoms with E-state index in [1.54, 1.807) is 32.9 Å². The molecule has 1 aliphatic rings. The summed E-state index contributed by atoms with van der Waals surface area (Å²) < 4.78 is 15.3. The highest BCUT2D eigenvalue weighted by Crippen LogP contribution is 2.25. The van der Waals surface area contributed by atoms with E-state index in [9.17, 15) is 14.4 Å². The predicted octanol–water partition coefficient (Wildman–Crippen LogP) is 2.63. The van der Waals surface area contributed by atoms with Gasteiger partial charge in [0.05, 0.1) is 24.7 Å². The summed E-state index contributed by atoms with van der Waals surface area (Å²) in [6, 6.07) is 6.14. The zero-order valence-corrected chi connectivity index (χ0v) is 13.3. The third-order valence-electron chi connectivity index (χ3n) is 3.05. The van der Waals surface area contributed by atoms with Crippen molar-refractivity contribution in [2.45, 2.75) is 33.0 Å². The van der Waals surface area contributed by atoms with Gasteiger partial charge in [-0.15, -0.1) is 0 Å². The van der Waals surface area contributed by atoms with E-state index in [0.717, 1.165) is 6.08 Å². The van der Waals surface area contributed by atoms with Crippen molar-refractivity contribution in [3.05, 3.63) is 47.2 Å². The Bertz CT molecular complexity index is 654. The van der Waals surface area contributed by atoms with Crippen LogP contribution in [0, 0.1) is 0 Å². The summed E-state index contributed by atoms with van der Waals surface area (Å²) in [7, 11) is 0. The first-order chi connectivity index (χ1) is 10.8. The van der Waals surface area contributed by atoms with Crippen LogP contribution in [0.15, 0.2) is 36.1 Å². The van der Waals surface area contributed by atoms with Crippen molar-refractivity contribution in [2.75, 3.05) is 6.61 Å². The van der Waals surface area contributed by atoms with Crippen LogP contribution in [0.2, 0.25) is 0 Å². The van der Waals surface area contributed by atoms with Gasteiger partial charge in [0.2, 0.25) is 5.79 Å². The van der Waals surface area contributed by atoms with E-state index in [1.165, 1.54) is 12.1 Å². The lowest BCUT2D eigenvalue weighted by Crippen LogP contribution is -2.34. The number of carbonyl (C=O) groups is 3. The Morgan fingerprint density at radius 1 is 1.09 bits per heavy atom. The molecule has 0 spiro atoms. The van der Waals surface area contributed by atoms with Gasteiger partial charge >= 0.3 is 11.9 Å². The van der Waals surface area contributed by atoms with Crippen molar-refractivity contribution >= 4 is 17.7 Å². The molecule has 0 bridgehead atoms. The molecule has 6 nitrogen and oxygen atoms in total. The molecule has 0 radical (unpaired) electrons. The van der Waals surface area contributed by atoms with Crippen LogP contribution in [-0.2, 0) is 19.0 Å². The Morgan fingerprint density at radius 2 is 1.70 bits per heavy atom. The molecule has 1 aromatic rings. The van der Waals surface area contributed by atoms with Crippen LogP contribution < -0.4 is 0 Å². The van der Waals surface area contributed by atoms with Crippen LogP contribution in [-0.4, -0.2) is 30.1 Å². The molecule has 0 aliphatic carbocycles. The Balaban J connectivity index is 2.06. The van der Waals surface area contributed by atoms with Gasteiger partial charge in [-0.3, -0.25) is 4.79 Å². The van der Waals surface area contributed by atoms with Gasteiger partial charge in [-0.25, -0.2) is 9.59 Å². The monoisotopic (exact) mass is 318 g/mol. The zero-order chi connectivity index (χ0) is 17.0. The highest BCUT2D eigenvalue weighted by Gasteiger charge is 2.30. The largest absolute Gasteiger partial charge is 0.462 e. The second-order valence-corrected chi connectivity index (χ2v) is 5.43. The molecular formula is C17H18O6. The summed E-state index contributed by atoms with van der Waals surface area (Å²) >= 11 is 0. The van der Waals surface area contributed by atoms with Crippen LogP contribution in [0.4, 0.5) is 0 Å². The standard InChI is InChI=1S/C17H18O6/c1-4-21-16(20)12-7-5-11(6-8-12)14(18)9-13-10-15(19)23-17(2,3)22-13/h5-8,10H,4,9H2,1-3H3. The quantitative estimate of drug-likeness (QED) is 0.613. The van der Waals surface area contributed by atoms with Crippen molar-refractivity contribution in [3.8, 4) is 0 Å². The van der Waals surface area contributed by atoms with Gasteiger partial charge in [0.25, 0.3) is 0 Å². The smallest absolute Gasteiger partial charge is 0.338 e. The van der Waals surface area contributed by atoms with Crippen LogP contribution in [0.5, 0.6) is 0 Å². The molecule has 0 aromatic heterocycles. The number of hydrogen-bond donors (Lipinski definition) is 0. The van der Waals surface area contributed by atoms with E-state index in [1.807, 2.05) is 0 Å². The predicted molar refractivity (Wildman–Crippen MR) is 80.7 cm³/mol. The van der Waals surface area contributed by atoms with E-state index < -0.39 is 17.7 Å². The molecule has 0 atom stereocenters. The first kappa shape index (κ1) is 16.7. The van der Waals surface area contributed by atoms with Crippen molar-refractivity contribution < 1.29 is 28.6 Å². The molecule has 122 valence electrons. The molecule has 23 heavy (non-hydrogen) atoms. The van der Waals surface area contributed by atoms with Crippen molar-refractivity contribution in [3.63, 3.8) is 0 Å². The lowest BCUT2D eigenvalue weighted by atomic mass is 10.0. The molecule has 1 aliphatic heterocycles. The van der Waals surface area contributed by atoms with Gasteiger partial charge < -0.3 is 14.2 Å². The third kappa shape index (κ3) is 4.42. The molecule has 1 aromatic carbocycles. The first-order valence-corrected chi connectivity index (χ1v) is 7.23. The van der Waals surface area contributed by atoms with E-state index >= 15 is 0 Å². The zero-order valence-electron chi connectivity index (χ0n) is 13.3. The number of allylic oxidation sites excluding steroid dienone is 1. The van der Waals surface area contributed by atoms with Crippen molar-refractivity contribution in [2.24, 2.45) is 0 Å². The number of esters is 2. The number of carbonyl (C=O) groups excluding carboxylic acids is 3. The van der Waals surface area contributed by atoms with Gasteiger partial charge in [-0.2, -0.15) is 0 Å². The molecule has 2 rings (SSSR count). The van der Waals surface area contributed by atoms with Gasteiger partial charge in [-0.1, -0.05) is 12.1 Å². The highest BCUT2D eigenvalue weighted by atomic mass is 16.7. The first-order valence-electron chi connectivity index (χ1n) is 7.23.